The predicted octanol–water partition coefficient (Wildman–Crippen LogP) is 0.711. The highest BCUT2D eigenvalue weighted by Gasteiger charge is 2.21. The fraction of sp³-hybridized carbons (Fsp3) is 0.462. The lowest BCUT2D eigenvalue weighted by Crippen LogP contribution is -2.48. The van der Waals surface area contributed by atoms with E-state index in [9.17, 15) is 14.4 Å². The Balaban J connectivity index is 2.42. The second kappa shape index (κ2) is 6.75. The topological polar surface area (TPSA) is 92.2 Å². The van der Waals surface area contributed by atoms with Crippen molar-refractivity contribution in [1.29, 1.82) is 0 Å². The van der Waals surface area contributed by atoms with Crippen LogP contribution in [0.4, 0.5) is 0 Å². The number of halogens is 1. The Morgan fingerprint density at radius 2 is 1.86 bits per heavy atom. The molecule has 0 spiro atoms. The molecule has 0 fully saturated rings. The molecular weight excluding hydrogens is 340 g/mol. The lowest BCUT2D eigenvalue weighted by Gasteiger charge is -2.17. The van der Waals surface area contributed by atoms with Crippen molar-refractivity contribution in [3.05, 3.63) is 22.4 Å². The summed E-state index contributed by atoms with van der Waals surface area (Å²) >= 11 is 3.25. The van der Waals surface area contributed by atoms with Crippen molar-refractivity contribution in [3.63, 3.8) is 0 Å². The molecule has 116 valence electrons. The number of amides is 3. The number of aryl methyl sites for hydroxylation is 1. The van der Waals surface area contributed by atoms with Gasteiger partial charge in [0.05, 0.1) is 6.54 Å². The van der Waals surface area contributed by atoms with E-state index in [1.54, 1.807) is 44.6 Å². The van der Waals surface area contributed by atoms with Crippen LogP contribution in [-0.4, -0.2) is 28.8 Å². The van der Waals surface area contributed by atoms with Crippen LogP contribution in [0.3, 0.4) is 0 Å². The molecule has 1 aromatic rings. The number of carbonyl (C=O) groups is 3. The molecule has 0 bridgehead atoms. The van der Waals surface area contributed by atoms with Gasteiger partial charge in [0.1, 0.15) is 5.69 Å². The monoisotopic (exact) mass is 358 g/mol. The number of carbonyl (C=O) groups excluding carboxylic acids is 3. The van der Waals surface area contributed by atoms with E-state index in [1.165, 1.54) is 0 Å². The van der Waals surface area contributed by atoms with E-state index in [1.807, 2.05) is 0 Å². The smallest absolute Gasteiger partial charge is 0.286 e. The number of hydrogen-bond acceptors (Lipinski definition) is 3. The highest BCUT2D eigenvalue weighted by Crippen LogP contribution is 2.13. The molecule has 8 heteroatoms. The van der Waals surface area contributed by atoms with E-state index in [0.717, 1.165) is 4.47 Å². The van der Waals surface area contributed by atoms with E-state index >= 15 is 0 Å². The number of nitrogens with zero attached hydrogens (tertiary/aromatic N) is 1. The van der Waals surface area contributed by atoms with Gasteiger partial charge in [-0.15, -0.1) is 0 Å². The van der Waals surface area contributed by atoms with Crippen molar-refractivity contribution < 1.29 is 14.4 Å². The zero-order valence-electron chi connectivity index (χ0n) is 12.4. The van der Waals surface area contributed by atoms with Gasteiger partial charge >= 0.3 is 0 Å². The Labute approximate surface area is 131 Å². The maximum absolute atomic E-state index is 11.8. The van der Waals surface area contributed by atoms with Crippen LogP contribution in [-0.2, 0) is 16.6 Å². The molecule has 0 aliphatic rings. The van der Waals surface area contributed by atoms with Gasteiger partial charge in [0, 0.05) is 23.1 Å². The average molecular weight is 359 g/mol. The van der Waals surface area contributed by atoms with Gasteiger partial charge in [-0.2, -0.15) is 0 Å². The number of aromatic nitrogens is 1. The van der Waals surface area contributed by atoms with Crippen molar-refractivity contribution in [2.45, 2.75) is 20.8 Å². The Hall–Kier alpha value is -1.83. The van der Waals surface area contributed by atoms with Gasteiger partial charge in [-0.05, 0) is 22.0 Å². The molecule has 1 rings (SSSR count). The molecule has 0 unspecified atom stereocenters. The minimum atomic E-state index is -0.571. The SMILES string of the molecule is Cn1cc(Br)cc1C(=O)NNC(=O)CNC(=O)C(C)(C)C. The first-order valence-corrected chi connectivity index (χ1v) is 7.10. The van der Waals surface area contributed by atoms with Gasteiger partial charge in [-0.25, -0.2) is 0 Å². The van der Waals surface area contributed by atoms with Crippen LogP contribution in [0.1, 0.15) is 31.3 Å². The van der Waals surface area contributed by atoms with Crippen molar-refractivity contribution in [2.75, 3.05) is 6.54 Å². The Morgan fingerprint density at radius 3 is 2.33 bits per heavy atom. The fourth-order valence-corrected chi connectivity index (χ4v) is 1.93. The highest BCUT2D eigenvalue weighted by atomic mass is 79.9. The Bertz CT molecular complexity index is 560. The van der Waals surface area contributed by atoms with E-state index < -0.39 is 17.2 Å². The first-order chi connectivity index (χ1) is 9.61. The summed E-state index contributed by atoms with van der Waals surface area (Å²) in [5, 5.41) is 2.49. The van der Waals surface area contributed by atoms with Crippen LogP contribution in [0.15, 0.2) is 16.7 Å². The summed E-state index contributed by atoms with van der Waals surface area (Å²) in [4.78, 5) is 35.0. The van der Waals surface area contributed by atoms with E-state index in [-0.39, 0.29) is 12.5 Å². The highest BCUT2D eigenvalue weighted by molar-refractivity contribution is 9.10. The van der Waals surface area contributed by atoms with Crippen LogP contribution in [0.5, 0.6) is 0 Å². The molecule has 3 amide bonds. The molecule has 1 aromatic heterocycles. The summed E-state index contributed by atoms with van der Waals surface area (Å²) in [5.74, 6) is -1.19. The number of rotatable bonds is 3. The molecule has 0 aromatic carbocycles. The third-order valence-corrected chi connectivity index (χ3v) is 3.04. The van der Waals surface area contributed by atoms with E-state index in [2.05, 4.69) is 32.1 Å². The largest absolute Gasteiger partial charge is 0.347 e. The lowest BCUT2D eigenvalue weighted by molar-refractivity contribution is -0.131. The van der Waals surface area contributed by atoms with Gasteiger partial charge < -0.3 is 9.88 Å². The quantitative estimate of drug-likeness (QED) is 0.694. The third kappa shape index (κ3) is 5.22. The summed E-state index contributed by atoms with van der Waals surface area (Å²) in [7, 11) is 1.71. The van der Waals surface area contributed by atoms with E-state index in [0.29, 0.717) is 5.69 Å². The van der Waals surface area contributed by atoms with Gasteiger partial charge in [-0.3, -0.25) is 25.2 Å². The standard InChI is InChI=1S/C13H19BrN4O3/c1-13(2,3)12(21)15-6-10(19)16-17-11(20)9-5-8(14)7-18(9)4/h5,7H,6H2,1-4H3,(H,15,21)(H,16,19)(H,17,20). The molecule has 0 atom stereocenters. The molecule has 21 heavy (non-hydrogen) atoms. The average Bonchev–Trinajstić information content (AvgIpc) is 2.71. The van der Waals surface area contributed by atoms with Crippen LogP contribution in [0.2, 0.25) is 0 Å². The Morgan fingerprint density at radius 1 is 1.24 bits per heavy atom. The van der Waals surface area contributed by atoms with Crippen molar-refractivity contribution in [2.24, 2.45) is 12.5 Å². The number of hydrazine groups is 1. The fourth-order valence-electron chi connectivity index (χ4n) is 1.41. The van der Waals surface area contributed by atoms with Crippen LogP contribution in [0.25, 0.3) is 0 Å². The molecule has 0 saturated heterocycles. The minimum absolute atomic E-state index is 0.201. The third-order valence-electron chi connectivity index (χ3n) is 2.61. The zero-order valence-corrected chi connectivity index (χ0v) is 14.0. The second-order valence-corrected chi connectivity index (χ2v) is 6.51. The maximum atomic E-state index is 11.8. The minimum Gasteiger partial charge on any atom is -0.347 e. The van der Waals surface area contributed by atoms with Crippen molar-refractivity contribution in [3.8, 4) is 0 Å². The predicted molar refractivity (Wildman–Crippen MR) is 81.2 cm³/mol. The Kier molecular flexibility index (Phi) is 5.54. The van der Waals surface area contributed by atoms with Crippen LogP contribution >= 0.6 is 15.9 Å². The molecule has 3 N–H and O–H groups in total. The summed E-state index contributed by atoms with van der Waals surface area (Å²) in [6, 6.07) is 1.63. The normalized spacial score (nSPS) is 10.9. The molecule has 0 aliphatic carbocycles. The molecule has 7 nitrogen and oxygen atoms in total. The first-order valence-electron chi connectivity index (χ1n) is 6.30. The van der Waals surface area contributed by atoms with Gasteiger partial charge in [-0.1, -0.05) is 20.8 Å². The molecule has 0 radical (unpaired) electrons. The van der Waals surface area contributed by atoms with Crippen LogP contribution in [0, 0.1) is 5.41 Å². The van der Waals surface area contributed by atoms with E-state index in [4.69, 9.17) is 0 Å². The lowest BCUT2D eigenvalue weighted by atomic mass is 9.96. The summed E-state index contributed by atoms with van der Waals surface area (Å²) < 4.78 is 2.38. The second-order valence-electron chi connectivity index (χ2n) is 5.59. The number of hydrogen-bond donors (Lipinski definition) is 3. The number of nitrogens with one attached hydrogen (secondary N) is 3. The van der Waals surface area contributed by atoms with Gasteiger partial charge in [0.15, 0.2) is 0 Å². The van der Waals surface area contributed by atoms with Gasteiger partial charge in [0.2, 0.25) is 5.91 Å². The molecular formula is C13H19BrN4O3. The summed E-state index contributed by atoms with van der Waals surface area (Å²) in [6.45, 7) is 5.03. The van der Waals surface area contributed by atoms with Crippen molar-refractivity contribution in [1.82, 2.24) is 20.7 Å². The summed E-state index contributed by atoms with van der Waals surface area (Å²) in [5.41, 5.74) is 4.35. The van der Waals surface area contributed by atoms with Gasteiger partial charge in [0.25, 0.3) is 11.8 Å². The maximum Gasteiger partial charge on any atom is 0.286 e. The van der Waals surface area contributed by atoms with Crippen molar-refractivity contribution >= 4 is 33.7 Å². The molecule has 0 aliphatic heterocycles. The van der Waals surface area contributed by atoms with Crippen LogP contribution < -0.4 is 16.2 Å². The first kappa shape index (κ1) is 17.2. The molecule has 0 saturated carbocycles. The molecule has 1 heterocycles. The summed E-state index contributed by atoms with van der Waals surface area (Å²) in [6.07, 6.45) is 1.72. The zero-order chi connectivity index (χ0) is 16.2.